The molecule has 0 aliphatic heterocycles. The summed E-state index contributed by atoms with van der Waals surface area (Å²) in [6.07, 6.45) is 0. The van der Waals surface area contributed by atoms with Gasteiger partial charge >= 0.3 is 0 Å². The van der Waals surface area contributed by atoms with Gasteiger partial charge < -0.3 is 4.90 Å². The highest BCUT2D eigenvalue weighted by molar-refractivity contribution is 7.07. The van der Waals surface area contributed by atoms with E-state index in [2.05, 4.69) is 15.2 Å². The number of rotatable bonds is 4. The topological polar surface area (TPSA) is 61.9 Å². The Morgan fingerprint density at radius 3 is 2.89 bits per heavy atom. The van der Waals surface area contributed by atoms with Gasteiger partial charge in [-0.25, -0.2) is 4.98 Å². The molecule has 18 heavy (non-hydrogen) atoms. The molecule has 0 aliphatic rings. The zero-order valence-electron chi connectivity index (χ0n) is 10.7. The van der Waals surface area contributed by atoms with Crippen LogP contribution in [0, 0.1) is 0 Å². The number of carbonyl (C=O) groups is 1. The van der Waals surface area contributed by atoms with Crippen molar-refractivity contribution in [2.24, 2.45) is 0 Å². The molecule has 0 aromatic carbocycles. The monoisotopic (exact) mass is 264 g/mol. The third kappa shape index (κ3) is 2.76. The number of amides is 1. The van der Waals surface area contributed by atoms with Crippen molar-refractivity contribution in [1.82, 2.24) is 20.1 Å². The van der Waals surface area contributed by atoms with Crippen LogP contribution in [0.4, 0.5) is 0 Å². The number of carbonyl (C=O) groups excluding carboxylic acids is 1. The minimum absolute atomic E-state index is 0.163. The van der Waals surface area contributed by atoms with Crippen LogP contribution in [-0.4, -0.2) is 33.0 Å². The Balaban J connectivity index is 2.05. The first-order chi connectivity index (χ1) is 8.58. The van der Waals surface area contributed by atoms with Crippen LogP contribution in [0.15, 0.2) is 16.8 Å². The molecule has 1 N–H and O–H groups in total. The molecule has 0 spiro atoms. The molecule has 0 fully saturated rings. The van der Waals surface area contributed by atoms with Crippen molar-refractivity contribution < 1.29 is 4.79 Å². The lowest BCUT2D eigenvalue weighted by molar-refractivity contribution is 0.0773. The average Bonchev–Trinajstić information content (AvgIpc) is 2.98. The van der Waals surface area contributed by atoms with Crippen LogP contribution in [-0.2, 0) is 6.54 Å². The highest BCUT2D eigenvalue weighted by Crippen LogP contribution is 2.11. The molecule has 0 bridgehead atoms. The fourth-order valence-corrected chi connectivity index (χ4v) is 2.19. The van der Waals surface area contributed by atoms with E-state index >= 15 is 0 Å². The molecule has 0 unspecified atom stereocenters. The van der Waals surface area contributed by atoms with Crippen LogP contribution < -0.4 is 0 Å². The van der Waals surface area contributed by atoms with Gasteiger partial charge in [0.25, 0.3) is 5.91 Å². The third-order valence-electron chi connectivity index (χ3n) is 2.59. The van der Waals surface area contributed by atoms with Gasteiger partial charge in [-0.2, -0.15) is 11.3 Å². The van der Waals surface area contributed by atoms with Crippen LogP contribution in [0.1, 0.15) is 41.8 Å². The lowest BCUT2D eigenvalue weighted by atomic mass is 10.2. The second-order valence-corrected chi connectivity index (χ2v) is 5.27. The molecule has 5 nitrogen and oxygen atoms in total. The van der Waals surface area contributed by atoms with E-state index in [0.717, 1.165) is 11.4 Å². The Labute approximate surface area is 110 Å². The standard InChI is InChI=1S/C12H16N4OS/c1-8(2)10-13-11(15-14-10)12(17)16(3)6-9-4-5-18-7-9/h4-5,7-8H,6H2,1-3H3,(H,13,14,15). The predicted octanol–water partition coefficient (Wildman–Crippen LogP) is 2.26. The zero-order chi connectivity index (χ0) is 13.1. The summed E-state index contributed by atoms with van der Waals surface area (Å²) in [5, 5.41) is 10.8. The molecule has 0 radical (unpaired) electrons. The molecule has 0 atom stereocenters. The fourth-order valence-electron chi connectivity index (χ4n) is 1.53. The van der Waals surface area contributed by atoms with Crippen LogP contribution in [0.25, 0.3) is 0 Å². The van der Waals surface area contributed by atoms with Gasteiger partial charge in [0, 0.05) is 19.5 Å². The summed E-state index contributed by atoms with van der Waals surface area (Å²) in [6.45, 7) is 4.58. The van der Waals surface area contributed by atoms with Crippen molar-refractivity contribution >= 4 is 17.2 Å². The first kappa shape index (κ1) is 12.8. The zero-order valence-corrected chi connectivity index (χ0v) is 11.5. The van der Waals surface area contributed by atoms with E-state index in [9.17, 15) is 4.79 Å². The lowest BCUT2D eigenvalue weighted by Crippen LogP contribution is -2.27. The van der Waals surface area contributed by atoms with Gasteiger partial charge in [-0.15, -0.1) is 5.10 Å². The number of aromatic nitrogens is 3. The highest BCUT2D eigenvalue weighted by atomic mass is 32.1. The van der Waals surface area contributed by atoms with E-state index in [1.807, 2.05) is 30.7 Å². The number of thiophene rings is 1. The maximum atomic E-state index is 12.1. The molecule has 1 amide bonds. The largest absolute Gasteiger partial charge is 0.335 e. The number of nitrogens with zero attached hydrogens (tertiary/aromatic N) is 3. The van der Waals surface area contributed by atoms with Crippen molar-refractivity contribution in [2.45, 2.75) is 26.3 Å². The molecule has 0 saturated carbocycles. The van der Waals surface area contributed by atoms with E-state index in [-0.39, 0.29) is 17.6 Å². The minimum atomic E-state index is -0.163. The van der Waals surface area contributed by atoms with Gasteiger partial charge in [-0.1, -0.05) is 13.8 Å². The molecule has 0 saturated heterocycles. The third-order valence-corrected chi connectivity index (χ3v) is 3.32. The summed E-state index contributed by atoms with van der Waals surface area (Å²) in [7, 11) is 1.76. The Bertz CT molecular complexity index is 518. The average molecular weight is 264 g/mol. The summed E-state index contributed by atoms with van der Waals surface area (Å²) in [4.78, 5) is 17.9. The predicted molar refractivity (Wildman–Crippen MR) is 70.6 cm³/mol. The Hall–Kier alpha value is -1.69. The van der Waals surface area contributed by atoms with Gasteiger partial charge in [-0.3, -0.25) is 9.89 Å². The molecule has 2 aromatic heterocycles. The summed E-state index contributed by atoms with van der Waals surface area (Å²) < 4.78 is 0. The van der Waals surface area contributed by atoms with Crippen LogP contribution in [0.2, 0.25) is 0 Å². The lowest BCUT2D eigenvalue weighted by Gasteiger charge is -2.13. The van der Waals surface area contributed by atoms with Crippen LogP contribution in [0.3, 0.4) is 0 Å². The second kappa shape index (κ2) is 5.30. The minimum Gasteiger partial charge on any atom is -0.335 e. The number of hydrogen-bond acceptors (Lipinski definition) is 4. The smallest absolute Gasteiger partial charge is 0.293 e. The summed E-state index contributed by atoms with van der Waals surface area (Å²) in [6, 6.07) is 2.01. The molecule has 96 valence electrons. The molecule has 2 rings (SSSR count). The summed E-state index contributed by atoms with van der Waals surface area (Å²) in [5.41, 5.74) is 1.12. The maximum Gasteiger partial charge on any atom is 0.293 e. The van der Waals surface area contributed by atoms with Gasteiger partial charge in [0.15, 0.2) is 0 Å². The fraction of sp³-hybridized carbons (Fsp3) is 0.417. The van der Waals surface area contributed by atoms with Crippen molar-refractivity contribution in [3.8, 4) is 0 Å². The molecule has 6 heteroatoms. The van der Waals surface area contributed by atoms with Crippen LogP contribution >= 0.6 is 11.3 Å². The first-order valence-corrected chi connectivity index (χ1v) is 6.71. The van der Waals surface area contributed by atoms with Gasteiger partial charge in [0.05, 0.1) is 0 Å². The van der Waals surface area contributed by atoms with Crippen molar-refractivity contribution in [3.05, 3.63) is 34.0 Å². The van der Waals surface area contributed by atoms with Gasteiger partial charge in [0.1, 0.15) is 5.82 Å². The molecular formula is C12H16N4OS. The number of nitrogens with one attached hydrogen (secondary N) is 1. The van der Waals surface area contributed by atoms with Crippen molar-refractivity contribution in [3.63, 3.8) is 0 Å². The molecule has 2 heterocycles. The molecular weight excluding hydrogens is 248 g/mol. The van der Waals surface area contributed by atoms with E-state index in [1.54, 1.807) is 23.3 Å². The summed E-state index contributed by atoms with van der Waals surface area (Å²) in [5.74, 6) is 1.05. The highest BCUT2D eigenvalue weighted by Gasteiger charge is 2.18. The number of H-pyrrole nitrogens is 1. The number of hydrogen-bond donors (Lipinski definition) is 1. The Morgan fingerprint density at radius 2 is 2.33 bits per heavy atom. The first-order valence-electron chi connectivity index (χ1n) is 5.76. The molecule has 2 aromatic rings. The van der Waals surface area contributed by atoms with E-state index in [0.29, 0.717) is 6.54 Å². The van der Waals surface area contributed by atoms with Crippen molar-refractivity contribution in [1.29, 1.82) is 0 Å². The van der Waals surface area contributed by atoms with Gasteiger partial charge in [0.2, 0.25) is 5.82 Å². The van der Waals surface area contributed by atoms with E-state index in [4.69, 9.17) is 0 Å². The van der Waals surface area contributed by atoms with E-state index < -0.39 is 0 Å². The van der Waals surface area contributed by atoms with Crippen molar-refractivity contribution in [2.75, 3.05) is 7.05 Å². The second-order valence-electron chi connectivity index (χ2n) is 4.49. The van der Waals surface area contributed by atoms with Gasteiger partial charge in [-0.05, 0) is 22.4 Å². The molecule has 0 aliphatic carbocycles. The number of aromatic amines is 1. The normalized spacial score (nSPS) is 10.9. The van der Waals surface area contributed by atoms with E-state index in [1.165, 1.54) is 0 Å². The maximum absolute atomic E-state index is 12.1. The summed E-state index contributed by atoms with van der Waals surface area (Å²) >= 11 is 1.62. The van der Waals surface area contributed by atoms with Crippen LogP contribution in [0.5, 0.6) is 0 Å². The SMILES string of the molecule is CC(C)c1nc(C(=O)N(C)Cc2ccsc2)n[nH]1. The Morgan fingerprint density at radius 1 is 1.56 bits per heavy atom. The Kier molecular flexibility index (Phi) is 3.76. The quantitative estimate of drug-likeness (QED) is 0.921.